The zero-order valence-electron chi connectivity index (χ0n) is 23.0. The summed E-state index contributed by atoms with van der Waals surface area (Å²) in [6, 6.07) is 11.6. The molecule has 2 aromatic carbocycles. The highest BCUT2D eigenvalue weighted by molar-refractivity contribution is 6.31. The monoisotopic (exact) mass is 580 g/mol. The van der Waals surface area contributed by atoms with Gasteiger partial charge in [-0.2, -0.15) is 4.98 Å². The molecule has 0 aliphatic heterocycles. The van der Waals surface area contributed by atoms with Gasteiger partial charge in [-0.05, 0) is 87.6 Å². The summed E-state index contributed by atoms with van der Waals surface area (Å²) >= 11 is 6.21. The van der Waals surface area contributed by atoms with Gasteiger partial charge in [0.1, 0.15) is 5.65 Å². The molecular weight excluding hydrogens is 547 g/mol. The fourth-order valence-corrected chi connectivity index (χ4v) is 4.72. The predicted octanol–water partition coefficient (Wildman–Crippen LogP) is 3.63. The number of benzene rings is 2. The van der Waals surface area contributed by atoms with Crippen molar-refractivity contribution in [1.29, 1.82) is 0 Å². The first kappa shape index (κ1) is 29.8. The third kappa shape index (κ3) is 7.50. The Morgan fingerprint density at radius 3 is 2.59 bits per heavy atom. The molecule has 216 valence electrons. The SMILES string of the molecule is C[C@H](N)CCCc1cc(Cl)c(F)c(-c2cc3cn(-c4ccc(C(=O)N[C@@H](C)CCN=C(N)N)cc4)c(=O)nc3[nH]2)c1. The van der Waals surface area contributed by atoms with Gasteiger partial charge >= 0.3 is 5.69 Å². The second-order valence-electron chi connectivity index (χ2n) is 10.2. The van der Waals surface area contributed by atoms with Gasteiger partial charge < -0.3 is 27.5 Å². The summed E-state index contributed by atoms with van der Waals surface area (Å²) in [4.78, 5) is 36.6. The van der Waals surface area contributed by atoms with Gasteiger partial charge in [0.05, 0.1) is 16.4 Å². The minimum absolute atomic E-state index is 0.00688. The van der Waals surface area contributed by atoms with Crippen LogP contribution in [0.5, 0.6) is 0 Å². The number of nitrogens with zero attached hydrogens (tertiary/aromatic N) is 3. The quantitative estimate of drug-likeness (QED) is 0.134. The molecule has 0 unspecified atom stereocenters. The van der Waals surface area contributed by atoms with Crippen LogP contribution in [0, 0.1) is 5.82 Å². The third-order valence-corrected chi connectivity index (χ3v) is 6.93. The minimum atomic E-state index is -0.552. The van der Waals surface area contributed by atoms with Crippen molar-refractivity contribution in [3.63, 3.8) is 0 Å². The van der Waals surface area contributed by atoms with Crippen LogP contribution in [0.15, 0.2) is 58.4 Å². The Morgan fingerprint density at radius 1 is 1.17 bits per heavy atom. The van der Waals surface area contributed by atoms with Crippen LogP contribution in [-0.4, -0.2) is 45.0 Å². The van der Waals surface area contributed by atoms with Crippen molar-refractivity contribution in [2.24, 2.45) is 22.2 Å². The maximum atomic E-state index is 15.0. The molecule has 2 heterocycles. The normalized spacial score (nSPS) is 12.7. The van der Waals surface area contributed by atoms with Gasteiger partial charge in [-0.1, -0.05) is 11.6 Å². The number of aromatic amines is 1. The molecule has 10 nitrogen and oxygen atoms in total. The number of halogens is 2. The summed E-state index contributed by atoms with van der Waals surface area (Å²) < 4.78 is 16.4. The summed E-state index contributed by atoms with van der Waals surface area (Å²) in [5.41, 5.74) is 18.9. The van der Waals surface area contributed by atoms with Gasteiger partial charge in [-0.25, -0.2) is 9.18 Å². The second-order valence-corrected chi connectivity index (χ2v) is 10.6. The van der Waals surface area contributed by atoms with Gasteiger partial charge in [0.15, 0.2) is 11.8 Å². The number of hydrogen-bond acceptors (Lipinski definition) is 5. The second kappa shape index (κ2) is 13.0. The van der Waals surface area contributed by atoms with Crippen LogP contribution < -0.4 is 28.2 Å². The number of aliphatic imine (C=N–C) groups is 1. The van der Waals surface area contributed by atoms with Crippen molar-refractivity contribution in [1.82, 2.24) is 19.9 Å². The van der Waals surface area contributed by atoms with Crippen molar-refractivity contribution in [3.05, 3.63) is 81.1 Å². The number of nitrogens with two attached hydrogens (primary N) is 3. The molecule has 0 fully saturated rings. The summed E-state index contributed by atoms with van der Waals surface area (Å²) in [6.07, 6.45) is 4.61. The van der Waals surface area contributed by atoms with Gasteiger partial charge in [0.25, 0.3) is 5.91 Å². The van der Waals surface area contributed by atoms with Crippen LogP contribution in [0.25, 0.3) is 28.0 Å². The van der Waals surface area contributed by atoms with Gasteiger partial charge in [0.2, 0.25) is 0 Å². The summed E-state index contributed by atoms with van der Waals surface area (Å²) in [5.74, 6) is -0.804. The lowest BCUT2D eigenvalue weighted by Crippen LogP contribution is -2.33. The van der Waals surface area contributed by atoms with Crippen LogP contribution in [0.4, 0.5) is 4.39 Å². The maximum absolute atomic E-state index is 15.0. The summed E-state index contributed by atoms with van der Waals surface area (Å²) in [7, 11) is 0. The Labute approximate surface area is 241 Å². The Morgan fingerprint density at radius 2 is 1.90 bits per heavy atom. The number of carbonyl (C=O) groups excluding carboxylic acids is 1. The van der Waals surface area contributed by atoms with E-state index in [4.69, 9.17) is 28.8 Å². The molecule has 8 N–H and O–H groups in total. The highest BCUT2D eigenvalue weighted by Crippen LogP contribution is 2.31. The molecule has 0 radical (unpaired) electrons. The molecule has 2 aromatic heterocycles. The Bertz CT molecular complexity index is 1620. The van der Waals surface area contributed by atoms with Crippen LogP contribution in [0.3, 0.4) is 0 Å². The van der Waals surface area contributed by atoms with E-state index in [2.05, 4.69) is 20.3 Å². The molecule has 2 atom stereocenters. The van der Waals surface area contributed by atoms with Crippen molar-refractivity contribution in [2.45, 2.75) is 51.6 Å². The van der Waals surface area contributed by atoms with Crippen LogP contribution >= 0.6 is 11.6 Å². The number of aryl methyl sites for hydroxylation is 1. The van der Waals surface area contributed by atoms with E-state index in [-0.39, 0.29) is 29.0 Å². The van der Waals surface area contributed by atoms with Crippen molar-refractivity contribution < 1.29 is 9.18 Å². The highest BCUT2D eigenvalue weighted by Gasteiger charge is 2.16. The molecule has 0 saturated heterocycles. The molecule has 4 aromatic rings. The first-order valence-corrected chi connectivity index (χ1v) is 13.7. The van der Waals surface area contributed by atoms with Gasteiger partial charge in [-0.3, -0.25) is 14.4 Å². The van der Waals surface area contributed by atoms with E-state index in [1.54, 1.807) is 48.7 Å². The van der Waals surface area contributed by atoms with E-state index in [1.165, 1.54) is 4.57 Å². The Kier molecular flexibility index (Phi) is 9.41. The number of aromatic nitrogens is 3. The van der Waals surface area contributed by atoms with Gasteiger partial charge in [0, 0.05) is 41.3 Å². The molecule has 0 saturated carbocycles. The number of nitrogens with one attached hydrogen (secondary N) is 2. The number of amides is 1. The Hall–Kier alpha value is -4.22. The first-order chi connectivity index (χ1) is 19.5. The molecule has 0 aliphatic rings. The molecule has 1 amide bonds. The van der Waals surface area contributed by atoms with E-state index < -0.39 is 11.5 Å². The molecule has 4 rings (SSSR count). The summed E-state index contributed by atoms with van der Waals surface area (Å²) in [5, 5.41) is 3.52. The zero-order valence-corrected chi connectivity index (χ0v) is 23.7. The standard InChI is InChI=1S/C29H34ClFN8O2/c1-16(32)4-3-5-18-12-22(25(31)23(30)13-18)24-14-20-15-39(29(41)38-26(20)37-24)21-8-6-19(7-9-21)27(40)36-17(2)10-11-35-28(33)34/h6-9,12-17H,3-5,10-11,32H2,1-2H3,(H,36,40)(H4,33,34,35)(H,37,38,41)/t16-,17-/m0/s1. The van der Waals surface area contributed by atoms with Crippen LogP contribution in [0.2, 0.25) is 5.02 Å². The lowest BCUT2D eigenvalue weighted by atomic mass is 10.0. The van der Waals surface area contributed by atoms with E-state index in [1.807, 2.05) is 13.8 Å². The number of fused-ring (bicyclic) bond motifs is 1. The molecule has 0 aliphatic carbocycles. The Balaban J connectivity index is 1.55. The fraction of sp³-hybridized carbons (Fsp3) is 0.310. The van der Waals surface area contributed by atoms with E-state index in [0.29, 0.717) is 52.9 Å². The molecule has 41 heavy (non-hydrogen) atoms. The zero-order chi connectivity index (χ0) is 29.7. The first-order valence-electron chi connectivity index (χ1n) is 13.3. The highest BCUT2D eigenvalue weighted by atomic mass is 35.5. The maximum Gasteiger partial charge on any atom is 0.354 e. The van der Waals surface area contributed by atoms with E-state index in [0.717, 1.165) is 18.4 Å². The molecule has 12 heteroatoms. The van der Waals surface area contributed by atoms with Gasteiger partial charge in [-0.15, -0.1) is 0 Å². The van der Waals surface area contributed by atoms with Crippen molar-refractivity contribution in [3.8, 4) is 16.9 Å². The number of carbonyl (C=O) groups is 1. The number of H-pyrrole nitrogens is 1. The average Bonchev–Trinajstić information content (AvgIpc) is 3.32. The summed E-state index contributed by atoms with van der Waals surface area (Å²) in [6.45, 7) is 4.21. The minimum Gasteiger partial charge on any atom is -0.370 e. The lowest BCUT2D eigenvalue weighted by Gasteiger charge is -2.13. The molecule has 0 bridgehead atoms. The smallest absolute Gasteiger partial charge is 0.354 e. The van der Waals surface area contributed by atoms with Crippen molar-refractivity contribution in [2.75, 3.05) is 6.54 Å². The predicted molar refractivity (Wildman–Crippen MR) is 161 cm³/mol. The van der Waals surface area contributed by atoms with Crippen LogP contribution in [-0.2, 0) is 6.42 Å². The van der Waals surface area contributed by atoms with E-state index in [9.17, 15) is 9.59 Å². The average molecular weight is 581 g/mol. The lowest BCUT2D eigenvalue weighted by molar-refractivity contribution is 0.0939. The molecular formula is C29H34ClFN8O2. The van der Waals surface area contributed by atoms with E-state index >= 15 is 4.39 Å². The van der Waals surface area contributed by atoms with Crippen LogP contribution in [0.1, 0.15) is 49.0 Å². The topological polar surface area (TPSA) is 170 Å². The fourth-order valence-electron chi connectivity index (χ4n) is 4.48. The third-order valence-electron chi connectivity index (χ3n) is 6.65. The number of guanidine groups is 1. The molecule has 0 spiro atoms. The van der Waals surface area contributed by atoms with Crippen molar-refractivity contribution >= 4 is 34.5 Å². The number of rotatable bonds is 11. The number of hydrogen-bond donors (Lipinski definition) is 5. The largest absolute Gasteiger partial charge is 0.370 e.